The van der Waals surface area contributed by atoms with Crippen LogP contribution in [-0.4, -0.2) is 24.0 Å². The van der Waals surface area contributed by atoms with Crippen molar-refractivity contribution in [2.24, 2.45) is 0 Å². The summed E-state index contributed by atoms with van der Waals surface area (Å²) >= 11 is 7.78. The van der Waals surface area contributed by atoms with Crippen LogP contribution in [0, 0.1) is 27.7 Å². The number of aryl methyl sites for hydroxylation is 4. The molecule has 0 aliphatic heterocycles. The summed E-state index contributed by atoms with van der Waals surface area (Å²) in [5.41, 5.74) is 6.29. The fraction of sp³-hybridized carbons (Fsp3) is 0.355. The standard InChI is InChI=1S/C31H37ClN2O3S/c1-8-23(18-25(9-2)34-38-27-17-19(4)26(32)16-20(27)5)24-14-21(6)28(22(7)15-24)29(35)33-31(12-11-13-31)30(36)37-10-3/h8-9,14-18,34H,1,10-13H2,2-7H3,(H,33,35)/b23-18+,25-9+. The van der Waals surface area contributed by atoms with E-state index >= 15 is 0 Å². The van der Waals surface area contributed by atoms with Crippen LogP contribution >= 0.6 is 23.5 Å². The molecule has 0 radical (unpaired) electrons. The Kier molecular flexibility index (Phi) is 9.91. The van der Waals surface area contributed by atoms with Crippen molar-refractivity contribution in [2.45, 2.75) is 71.2 Å². The molecule has 0 spiro atoms. The minimum Gasteiger partial charge on any atom is -0.464 e. The van der Waals surface area contributed by atoms with Crippen molar-refractivity contribution in [2.75, 3.05) is 6.61 Å². The molecule has 0 bridgehead atoms. The zero-order valence-electron chi connectivity index (χ0n) is 23.1. The van der Waals surface area contributed by atoms with E-state index in [2.05, 4.69) is 22.7 Å². The fourth-order valence-electron chi connectivity index (χ4n) is 4.53. The van der Waals surface area contributed by atoms with Gasteiger partial charge < -0.3 is 14.8 Å². The minimum absolute atomic E-state index is 0.246. The van der Waals surface area contributed by atoms with E-state index in [1.54, 1.807) is 6.92 Å². The number of hydrogen-bond acceptors (Lipinski definition) is 5. The predicted octanol–water partition coefficient (Wildman–Crippen LogP) is 7.56. The van der Waals surface area contributed by atoms with Gasteiger partial charge in [0.25, 0.3) is 5.91 Å². The lowest BCUT2D eigenvalue weighted by atomic mass is 9.76. The molecule has 0 atom stereocenters. The van der Waals surface area contributed by atoms with E-state index in [-0.39, 0.29) is 11.9 Å². The van der Waals surface area contributed by atoms with Gasteiger partial charge in [-0.2, -0.15) is 0 Å². The second kappa shape index (κ2) is 12.7. The number of carbonyl (C=O) groups is 2. The van der Waals surface area contributed by atoms with Crippen molar-refractivity contribution in [1.82, 2.24) is 10.0 Å². The highest BCUT2D eigenvalue weighted by Crippen LogP contribution is 2.34. The molecule has 0 unspecified atom stereocenters. The normalized spacial score (nSPS) is 14.9. The molecule has 0 aromatic heterocycles. The first-order chi connectivity index (χ1) is 18.0. The Morgan fingerprint density at radius 2 is 1.74 bits per heavy atom. The summed E-state index contributed by atoms with van der Waals surface area (Å²) in [5.74, 6) is -0.596. The van der Waals surface area contributed by atoms with Crippen molar-refractivity contribution in [3.8, 4) is 0 Å². The molecule has 2 aromatic rings. The Bertz CT molecular complexity index is 1290. The molecule has 3 rings (SSSR count). The van der Waals surface area contributed by atoms with Crippen molar-refractivity contribution in [3.63, 3.8) is 0 Å². The van der Waals surface area contributed by atoms with E-state index in [4.69, 9.17) is 16.3 Å². The summed E-state index contributed by atoms with van der Waals surface area (Å²) in [6.07, 6.45) is 7.94. The molecule has 202 valence electrons. The van der Waals surface area contributed by atoms with Gasteiger partial charge in [0.05, 0.1) is 6.61 Å². The van der Waals surface area contributed by atoms with Gasteiger partial charge in [0.15, 0.2) is 0 Å². The summed E-state index contributed by atoms with van der Waals surface area (Å²) < 4.78 is 8.66. The second-order valence-corrected chi connectivity index (χ2v) is 11.0. The molecule has 7 heteroatoms. The monoisotopic (exact) mass is 552 g/mol. The molecule has 1 saturated carbocycles. The highest BCUT2D eigenvalue weighted by atomic mass is 35.5. The summed E-state index contributed by atoms with van der Waals surface area (Å²) in [6, 6.07) is 8.03. The average molecular weight is 553 g/mol. The third-order valence-corrected chi connectivity index (χ3v) is 8.30. The third kappa shape index (κ3) is 6.54. The van der Waals surface area contributed by atoms with Gasteiger partial charge in [0, 0.05) is 21.2 Å². The van der Waals surface area contributed by atoms with E-state index in [9.17, 15) is 9.59 Å². The number of amides is 1. The summed E-state index contributed by atoms with van der Waals surface area (Å²) in [7, 11) is 0. The summed E-state index contributed by atoms with van der Waals surface area (Å²) in [5, 5.41) is 3.74. The molecule has 2 aromatic carbocycles. The predicted molar refractivity (Wildman–Crippen MR) is 158 cm³/mol. The highest BCUT2D eigenvalue weighted by molar-refractivity contribution is 7.97. The van der Waals surface area contributed by atoms with Crippen molar-refractivity contribution in [1.29, 1.82) is 0 Å². The number of rotatable bonds is 10. The van der Waals surface area contributed by atoms with Gasteiger partial charge in [-0.1, -0.05) is 42.5 Å². The topological polar surface area (TPSA) is 67.4 Å². The molecule has 1 fully saturated rings. The Balaban J connectivity index is 1.82. The van der Waals surface area contributed by atoms with Crippen LogP contribution < -0.4 is 10.0 Å². The lowest BCUT2D eigenvalue weighted by Gasteiger charge is -2.39. The van der Waals surface area contributed by atoms with Crippen LogP contribution in [0.2, 0.25) is 5.02 Å². The second-order valence-electron chi connectivity index (χ2n) is 9.71. The summed E-state index contributed by atoms with van der Waals surface area (Å²) in [6.45, 7) is 15.9. The maximum absolute atomic E-state index is 13.3. The average Bonchev–Trinajstić information content (AvgIpc) is 2.84. The van der Waals surface area contributed by atoms with Crippen LogP contribution in [0.4, 0.5) is 0 Å². The van der Waals surface area contributed by atoms with Crippen LogP contribution in [0.15, 0.2) is 59.7 Å². The maximum atomic E-state index is 13.3. The van der Waals surface area contributed by atoms with Crippen molar-refractivity contribution in [3.05, 3.63) is 93.2 Å². The van der Waals surface area contributed by atoms with E-state index in [1.807, 2.05) is 71.0 Å². The van der Waals surface area contributed by atoms with Gasteiger partial charge in [-0.15, -0.1) is 0 Å². The number of nitrogens with one attached hydrogen (secondary N) is 2. The number of allylic oxidation sites excluding steroid dienone is 4. The van der Waals surface area contributed by atoms with Crippen LogP contribution in [0.5, 0.6) is 0 Å². The molecule has 0 heterocycles. The lowest BCUT2D eigenvalue weighted by molar-refractivity contribution is -0.154. The third-order valence-electron chi connectivity index (χ3n) is 6.90. The highest BCUT2D eigenvalue weighted by Gasteiger charge is 2.47. The van der Waals surface area contributed by atoms with Gasteiger partial charge in [-0.25, -0.2) is 4.79 Å². The van der Waals surface area contributed by atoms with E-state index in [0.717, 1.165) is 55.4 Å². The first-order valence-electron chi connectivity index (χ1n) is 12.9. The van der Waals surface area contributed by atoms with Crippen molar-refractivity contribution >= 4 is 41.0 Å². The number of carbonyl (C=O) groups excluding carboxylic acids is 2. The van der Waals surface area contributed by atoms with E-state index < -0.39 is 5.54 Å². The fourth-order valence-corrected chi connectivity index (χ4v) is 5.60. The van der Waals surface area contributed by atoms with Crippen LogP contribution in [0.1, 0.15) is 71.3 Å². The summed E-state index contributed by atoms with van der Waals surface area (Å²) in [4.78, 5) is 26.9. The molecule has 1 aliphatic rings. The number of benzene rings is 2. The lowest BCUT2D eigenvalue weighted by Crippen LogP contribution is -2.59. The molecule has 5 nitrogen and oxygen atoms in total. The minimum atomic E-state index is -0.915. The first-order valence-corrected chi connectivity index (χ1v) is 14.1. The molecular weight excluding hydrogens is 516 g/mol. The number of esters is 1. The van der Waals surface area contributed by atoms with E-state index in [1.165, 1.54) is 11.9 Å². The Labute approximate surface area is 235 Å². The van der Waals surface area contributed by atoms with Crippen LogP contribution in [0.3, 0.4) is 0 Å². The van der Waals surface area contributed by atoms with Crippen molar-refractivity contribution < 1.29 is 14.3 Å². The van der Waals surface area contributed by atoms with E-state index in [0.29, 0.717) is 25.0 Å². The molecular formula is C31H37ClN2O3S. The largest absolute Gasteiger partial charge is 0.464 e. The van der Waals surface area contributed by atoms with Gasteiger partial charge in [-0.05, 0) is 124 Å². The number of ether oxygens (including phenoxy) is 1. The molecule has 1 amide bonds. The molecule has 0 saturated heterocycles. The molecule has 38 heavy (non-hydrogen) atoms. The SMILES string of the molecule is C=C/C(=C\C(=C/C)NSc1cc(C)c(Cl)cc1C)c1cc(C)c(C(=O)NC2(C(=O)OCC)CCC2)c(C)c1. The smallest absolute Gasteiger partial charge is 0.331 e. The Hall–Kier alpha value is -2.96. The molecule has 1 aliphatic carbocycles. The van der Waals surface area contributed by atoms with Gasteiger partial charge in [0.2, 0.25) is 0 Å². The number of hydrogen-bond donors (Lipinski definition) is 2. The Morgan fingerprint density at radius 1 is 1.08 bits per heavy atom. The zero-order valence-corrected chi connectivity index (χ0v) is 24.7. The number of halogens is 1. The quantitative estimate of drug-likeness (QED) is 0.181. The van der Waals surface area contributed by atoms with Gasteiger partial charge in [-0.3, -0.25) is 4.79 Å². The Morgan fingerprint density at radius 3 is 2.26 bits per heavy atom. The maximum Gasteiger partial charge on any atom is 0.331 e. The van der Waals surface area contributed by atoms with Crippen LogP contribution in [0.25, 0.3) is 5.57 Å². The van der Waals surface area contributed by atoms with Gasteiger partial charge >= 0.3 is 5.97 Å². The van der Waals surface area contributed by atoms with Crippen LogP contribution in [-0.2, 0) is 9.53 Å². The van der Waals surface area contributed by atoms with Gasteiger partial charge in [0.1, 0.15) is 5.54 Å². The molecule has 2 N–H and O–H groups in total. The zero-order chi connectivity index (χ0) is 28.0. The first kappa shape index (κ1) is 29.6.